The summed E-state index contributed by atoms with van der Waals surface area (Å²) < 4.78 is 52.5. The maximum Gasteiger partial charge on any atom is 0.573 e. The topological polar surface area (TPSA) is 80.3 Å². The van der Waals surface area contributed by atoms with Gasteiger partial charge in [0.25, 0.3) is 5.56 Å². The Hall–Kier alpha value is -4.51. The highest BCUT2D eigenvalue weighted by Gasteiger charge is 2.35. The molecule has 1 fully saturated rings. The lowest BCUT2D eigenvalue weighted by atomic mass is 9.76. The molecule has 0 N–H and O–H groups in total. The number of hydrogen-bond acceptors (Lipinski definition) is 5. The van der Waals surface area contributed by atoms with Crippen LogP contribution in [0.1, 0.15) is 30.0 Å². The summed E-state index contributed by atoms with van der Waals surface area (Å²) in [4.78, 5) is 31.9. The van der Waals surface area contributed by atoms with Crippen molar-refractivity contribution < 1.29 is 22.6 Å². The third-order valence-corrected chi connectivity index (χ3v) is 7.84. The van der Waals surface area contributed by atoms with Crippen LogP contribution >= 0.6 is 11.6 Å². The Morgan fingerprint density at radius 1 is 0.930 bits per heavy atom. The molecule has 2 heterocycles. The van der Waals surface area contributed by atoms with Crippen LogP contribution in [0, 0.1) is 5.92 Å². The third kappa shape index (κ3) is 6.03. The molecule has 6 rings (SSSR count). The molecule has 1 saturated carbocycles. The zero-order valence-corrected chi connectivity index (χ0v) is 23.7. The van der Waals surface area contributed by atoms with E-state index in [0.29, 0.717) is 23.8 Å². The van der Waals surface area contributed by atoms with Crippen LogP contribution in [-0.2, 0) is 20.0 Å². The number of rotatable bonds is 8. The molecule has 0 radical (unpaired) electrons. The SMILES string of the molecule is Cn1c(=O)n(C2CC(Cc3ccccc3)C2)c(=O)c2c1nc(Oc1cccc(OC(F)(F)F)c1)n2Cc1ccc(Cl)cc1. The van der Waals surface area contributed by atoms with Crippen LogP contribution in [0.4, 0.5) is 13.2 Å². The molecule has 5 aromatic rings. The summed E-state index contributed by atoms with van der Waals surface area (Å²) in [5, 5.41) is 0.525. The number of aromatic nitrogens is 4. The van der Waals surface area contributed by atoms with E-state index in [1.54, 1.807) is 24.3 Å². The van der Waals surface area contributed by atoms with Gasteiger partial charge in [-0.25, -0.2) is 4.79 Å². The van der Waals surface area contributed by atoms with Gasteiger partial charge in [-0.1, -0.05) is 60.1 Å². The zero-order chi connectivity index (χ0) is 30.3. The minimum Gasteiger partial charge on any atom is -0.425 e. The molecule has 1 aliphatic carbocycles. The molecule has 2 aromatic heterocycles. The molecular weight excluding hydrogens is 585 g/mol. The molecule has 0 atom stereocenters. The number of hydrogen-bond donors (Lipinski definition) is 0. The smallest absolute Gasteiger partial charge is 0.425 e. The summed E-state index contributed by atoms with van der Waals surface area (Å²) in [6.07, 6.45) is -2.67. The number of halogens is 4. The van der Waals surface area contributed by atoms with Crippen molar-refractivity contribution in [1.82, 2.24) is 18.7 Å². The quantitative estimate of drug-likeness (QED) is 0.201. The summed E-state index contributed by atoms with van der Waals surface area (Å²) in [6, 6.07) is 21.6. The van der Waals surface area contributed by atoms with Crippen LogP contribution in [0.5, 0.6) is 17.5 Å². The standard InChI is InChI=1S/C31H26ClF3N4O4/c1-37-27-26(28(40)39(30(37)41)23-15-21(16-23)14-19-6-3-2-4-7-19)38(18-20-10-12-22(32)13-11-20)29(36-27)42-24-8-5-9-25(17-24)43-31(33,34)35/h2-13,17,21,23H,14-16,18H2,1H3. The van der Waals surface area contributed by atoms with E-state index in [-0.39, 0.29) is 35.5 Å². The molecule has 8 nitrogen and oxygen atoms in total. The predicted octanol–water partition coefficient (Wildman–Crippen LogP) is 6.48. The maximum atomic E-state index is 14.0. The van der Waals surface area contributed by atoms with E-state index in [1.165, 1.54) is 38.4 Å². The van der Waals surface area contributed by atoms with E-state index < -0.39 is 23.4 Å². The van der Waals surface area contributed by atoms with Crippen molar-refractivity contribution in [3.05, 3.63) is 116 Å². The van der Waals surface area contributed by atoms with E-state index in [1.807, 2.05) is 18.2 Å². The number of imidazole rings is 1. The van der Waals surface area contributed by atoms with Gasteiger partial charge in [-0.05, 0) is 60.6 Å². The van der Waals surface area contributed by atoms with Crippen molar-refractivity contribution in [3.63, 3.8) is 0 Å². The van der Waals surface area contributed by atoms with Crippen molar-refractivity contribution in [3.8, 4) is 17.5 Å². The van der Waals surface area contributed by atoms with Gasteiger partial charge in [0, 0.05) is 24.2 Å². The first-order chi connectivity index (χ1) is 20.6. The van der Waals surface area contributed by atoms with E-state index in [2.05, 4.69) is 21.9 Å². The van der Waals surface area contributed by atoms with Crippen LogP contribution < -0.4 is 20.7 Å². The van der Waals surface area contributed by atoms with Crippen molar-refractivity contribution in [1.29, 1.82) is 0 Å². The molecule has 0 amide bonds. The van der Waals surface area contributed by atoms with E-state index >= 15 is 0 Å². The summed E-state index contributed by atoms with van der Waals surface area (Å²) in [6.45, 7) is 0.122. The number of aryl methyl sites for hydroxylation is 1. The minimum atomic E-state index is -4.88. The average Bonchev–Trinajstić information content (AvgIpc) is 3.29. The number of alkyl halides is 3. The molecule has 3 aromatic carbocycles. The lowest BCUT2D eigenvalue weighted by molar-refractivity contribution is -0.274. The first kappa shape index (κ1) is 28.6. The van der Waals surface area contributed by atoms with Gasteiger partial charge in [-0.15, -0.1) is 13.2 Å². The Balaban J connectivity index is 1.40. The Kier molecular flexibility index (Phi) is 7.51. The second kappa shape index (κ2) is 11.3. The molecular formula is C31H26ClF3N4O4. The van der Waals surface area contributed by atoms with Gasteiger partial charge in [0.1, 0.15) is 11.5 Å². The first-order valence-corrected chi connectivity index (χ1v) is 14.0. The van der Waals surface area contributed by atoms with Crippen molar-refractivity contribution >= 4 is 22.8 Å². The summed E-state index contributed by atoms with van der Waals surface area (Å²) in [7, 11) is 1.53. The summed E-state index contributed by atoms with van der Waals surface area (Å²) in [5.74, 6) is -0.138. The van der Waals surface area contributed by atoms with Crippen molar-refractivity contribution in [2.24, 2.45) is 13.0 Å². The van der Waals surface area contributed by atoms with Crippen LogP contribution in [0.2, 0.25) is 5.02 Å². The fourth-order valence-electron chi connectivity index (χ4n) is 5.50. The second-order valence-electron chi connectivity index (χ2n) is 10.6. The van der Waals surface area contributed by atoms with E-state index in [9.17, 15) is 22.8 Å². The normalized spacial score (nSPS) is 16.7. The van der Waals surface area contributed by atoms with Crippen LogP contribution in [0.25, 0.3) is 11.2 Å². The predicted molar refractivity (Wildman–Crippen MR) is 155 cm³/mol. The highest BCUT2D eigenvalue weighted by Crippen LogP contribution is 2.39. The fraction of sp³-hybridized carbons (Fsp3) is 0.258. The van der Waals surface area contributed by atoms with Crippen LogP contribution in [0.15, 0.2) is 88.5 Å². The fourth-order valence-corrected chi connectivity index (χ4v) is 5.63. The number of nitrogens with zero attached hydrogens (tertiary/aromatic N) is 4. The van der Waals surface area contributed by atoms with Gasteiger partial charge >= 0.3 is 18.1 Å². The Labute approximate surface area is 248 Å². The monoisotopic (exact) mass is 610 g/mol. The molecule has 43 heavy (non-hydrogen) atoms. The average molecular weight is 611 g/mol. The Bertz CT molecular complexity index is 1890. The zero-order valence-electron chi connectivity index (χ0n) is 22.9. The van der Waals surface area contributed by atoms with Gasteiger partial charge in [0.15, 0.2) is 11.2 Å². The second-order valence-corrected chi connectivity index (χ2v) is 11.0. The molecule has 12 heteroatoms. The molecule has 0 bridgehead atoms. The molecule has 222 valence electrons. The van der Waals surface area contributed by atoms with Crippen molar-refractivity contribution in [2.45, 2.75) is 38.2 Å². The maximum absolute atomic E-state index is 14.0. The summed E-state index contributed by atoms with van der Waals surface area (Å²) >= 11 is 6.06. The lowest BCUT2D eigenvalue weighted by Gasteiger charge is -2.36. The third-order valence-electron chi connectivity index (χ3n) is 7.59. The van der Waals surface area contributed by atoms with E-state index in [0.717, 1.165) is 24.1 Å². The molecule has 0 aliphatic heterocycles. The van der Waals surface area contributed by atoms with Crippen LogP contribution in [-0.4, -0.2) is 25.0 Å². The number of benzene rings is 3. The number of ether oxygens (including phenoxy) is 2. The van der Waals surface area contributed by atoms with E-state index in [4.69, 9.17) is 16.3 Å². The summed E-state index contributed by atoms with van der Waals surface area (Å²) in [5.41, 5.74) is 1.19. The largest absolute Gasteiger partial charge is 0.573 e. The first-order valence-electron chi connectivity index (χ1n) is 13.6. The van der Waals surface area contributed by atoms with Crippen LogP contribution in [0.3, 0.4) is 0 Å². The van der Waals surface area contributed by atoms with Gasteiger partial charge in [-0.3, -0.25) is 18.5 Å². The van der Waals surface area contributed by atoms with Gasteiger partial charge < -0.3 is 9.47 Å². The van der Waals surface area contributed by atoms with Gasteiger partial charge in [-0.2, -0.15) is 4.98 Å². The molecule has 0 unspecified atom stereocenters. The van der Waals surface area contributed by atoms with Gasteiger partial charge in [0.2, 0.25) is 0 Å². The minimum absolute atomic E-state index is 0.00230. The highest BCUT2D eigenvalue weighted by atomic mass is 35.5. The van der Waals surface area contributed by atoms with Crippen molar-refractivity contribution in [2.75, 3.05) is 0 Å². The molecule has 0 spiro atoms. The number of fused-ring (bicyclic) bond motifs is 1. The molecule has 1 aliphatic rings. The van der Waals surface area contributed by atoms with Gasteiger partial charge in [0.05, 0.1) is 6.54 Å². The Morgan fingerprint density at radius 3 is 2.33 bits per heavy atom. The molecule has 0 saturated heterocycles. The Morgan fingerprint density at radius 2 is 1.63 bits per heavy atom. The lowest BCUT2D eigenvalue weighted by Crippen LogP contribution is -2.46. The highest BCUT2D eigenvalue weighted by molar-refractivity contribution is 6.30.